The van der Waals surface area contributed by atoms with Gasteiger partial charge in [0.2, 0.25) is 5.91 Å². The normalized spacial score (nSPS) is 10.0. The van der Waals surface area contributed by atoms with Crippen molar-refractivity contribution in [3.05, 3.63) is 33.5 Å². The molecule has 0 heterocycles. The maximum absolute atomic E-state index is 13.5. The van der Waals surface area contributed by atoms with Crippen LogP contribution in [0.25, 0.3) is 0 Å². The number of aryl methyl sites for hydroxylation is 2. The molecule has 4 nitrogen and oxygen atoms in total. The van der Waals surface area contributed by atoms with Gasteiger partial charge in [0.1, 0.15) is 5.82 Å². The smallest absolute Gasteiger partial charge is 0.332 e. The van der Waals surface area contributed by atoms with Gasteiger partial charge >= 0.3 is 5.97 Å². The molecule has 0 aromatic heterocycles. The number of carbonyl (C=O) groups is 2. The van der Waals surface area contributed by atoms with Crippen LogP contribution >= 0.6 is 15.9 Å². The lowest BCUT2D eigenvalue weighted by Gasteiger charge is -2.06. The van der Waals surface area contributed by atoms with Crippen molar-refractivity contribution < 1.29 is 18.8 Å². The van der Waals surface area contributed by atoms with Crippen LogP contribution in [-0.2, 0) is 20.8 Å². The van der Waals surface area contributed by atoms with Gasteiger partial charge in [-0.1, -0.05) is 22.0 Å². The van der Waals surface area contributed by atoms with Crippen LogP contribution in [0.3, 0.4) is 0 Å². The van der Waals surface area contributed by atoms with E-state index >= 15 is 0 Å². The van der Waals surface area contributed by atoms with E-state index in [0.717, 1.165) is 5.56 Å². The van der Waals surface area contributed by atoms with Crippen molar-refractivity contribution in [1.29, 1.82) is 0 Å². The second-order valence-electron chi connectivity index (χ2n) is 3.83. The highest BCUT2D eigenvalue weighted by atomic mass is 79.9. The first-order valence-electron chi connectivity index (χ1n) is 5.31. The highest BCUT2D eigenvalue weighted by Gasteiger charge is 2.10. The van der Waals surface area contributed by atoms with Gasteiger partial charge in [-0.25, -0.2) is 9.18 Å². The molecule has 0 radical (unpaired) electrons. The predicted octanol–water partition coefficient (Wildman–Crippen LogP) is 2.42. The number of benzene rings is 1. The van der Waals surface area contributed by atoms with Crippen LogP contribution in [0, 0.1) is 12.7 Å². The zero-order valence-corrected chi connectivity index (χ0v) is 11.6. The molecule has 6 heteroatoms. The van der Waals surface area contributed by atoms with Crippen molar-refractivity contribution in [2.45, 2.75) is 26.7 Å². The van der Waals surface area contributed by atoms with Crippen molar-refractivity contribution in [3.8, 4) is 0 Å². The maximum Gasteiger partial charge on any atom is 0.332 e. The van der Waals surface area contributed by atoms with Crippen molar-refractivity contribution in [2.24, 2.45) is 0 Å². The molecule has 1 aromatic rings. The second-order valence-corrected chi connectivity index (χ2v) is 4.68. The number of carbonyl (C=O) groups excluding carboxylic acids is 2. The molecule has 1 amide bonds. The third-order valence-corrected chi connectivity index (χ3v) is 3.09. The van der Waals surface area contributed by atoms with Crippen LogP contribution in [0.1, 0.15) is 24.5 Å². The van der Waals surface area contributed by atoms with Gasteiger partial charge in [-0.05, 0) is 30.5 Å². The molecule has 0 fully saturated rings. The molecule has 18 heavy (non-hydrogen) atoms. The standard InChI is InChI=1S/C12H13BrFNO3/c1-7-5-9(11(14)6-10(7)13)3-4-12(17)18-15-8(2)16/h5-6H,3-4H2,1-2H3,(H,15,16). The zero-order chi connectivity index (χ0) is 13.7. The molecule has 0 aliphatic heterocycles. The first kappa shape index (κ1) is 14.6. The number of rotatable bonds is 3. The van der Waals surface area contributed by atoms with Gasteiger partial charge < -0.3 is 4.84 Å². The first-order chi connectivity index (χ1) is 8.40. The van der Waals surface area contributed by atoms with Crippen LogP contribution < -0.4 is 5.48 Å². The second kappa shape index (κ2) is 6.49. The summed E-state index contributed by atoms with van der Waals surface area (Å²) < 4.78 is 14.2. The fourth-order valence-corrected chi connectivity index (χ4v) is 1.64. The Labute approximate surface area is 113 Å². The van der Waals surface area contributed by atoms with E-state index in [9.17, 15) is 14.0 Å². The molecular weight excluding hydrogens is 305 g/mol. The Morgan fingerprint density at radius 3 is 2.72 bits per heavy atom. The molecule has 0 saturated carbocycles. The van der Waals surface area contributed by atoms with Crippen molar-refractivity contribution in [3.63, 3.8) is 0 Å². The zero-order valence-electron chi connectivity index (χ0n) is 10.0. The predicted molar refractivity (Wildman–Crippen MR) is 67.1 cm³/mol. The van der Waals surface area contributed by atoms with Gasteiger partial charge in [0.05, 0.1) is 6.42 Å². The largest absolute Gasteiger partial charge is 0.341 e. The third-order valence-electron chi connectivity index (χ3n) is 2.23. The van der Waals surface area contributed by atoms with E-state index < -0.39 is 11.9 Å². The van der Waals surface area contributed by atoms with E-state index in [0.29, 0.717) is 10.0 Å². The Hall–Kier alpha value is -1.43. The molecule has 0 aliphatic rings. The molecule has 0 unspecified atom stereocenters. The van der Waals surface area contributed by atoms with Gasteiger partial charge in [-0.2, -0.15) is 5.48 Å². The van der Waals surface area contributed by atoms with Crippen LogP contribution in [0.2, 0.25) is 0 Å². The summed E-state index contributed by atoms with van der Waals surface area (Å²) in [6, 6.07) is 3.04. The highest BCUT2D eigenvalue weighted by molar-refractivity contribution is 9.10. The number of hydrogen-bond donors (Lipinski definition) is 1. The fourth-order valence-electron chi connectivity index (χ4n) is 1.33. The Kier molecular flexibility index (Phi) is 5.27. The van der Waals surface area contributed by atoms with E-state index in [1.165, 1.54) is 13.0 Å². The summed E-state index contributed by atoms with van der Waals surface area (Å²) in [5.41, 5.74) is 3.26. The number of hydroxylamine groups is 1. The lowest BCUT2D eigenvalue weighted by atomic mass is 10.1. The molecule has 1 N–H and O–H groups in total. The van der Waals surface area contributed by atoms with Gasteiger partial charge in [-0.3, -0.25) is 4.79 Å². The molecule has 1 rings (SSSR count). The molecular formula is C12H13BrFNO3. The molecule has 1 aromatic carbocycles. The fraction of sp³-hybridized carbons (Fsp3) is 0.333. The van der Waals surface area contributed by atoms with Crippen LogP contribution in [-0.4, -0.2) is 11.9 Å². The summed E-state index contributed by atoms with van der Waals surface area (Å²) in [5.74, 6) is -1.45. The SMILES string of the molecule is CC(=O)NOC(=O)CCc1cc(C)c(Br)cc1F. The van der Waals surface area contributed by atoms with Crippen LogP contribution in [0.15, 0.2) is 16.6 Å². The van der Waals surface area contributed by atoms with Crippen molar-refractivity contribution >= 4 is 27.8 Å². The van der Waals surface area contributed by atoms with E-state index in [2.05, 4.69) is 20.8 Å². The number of nitrogens with one attached hydrogen (secondary N) is 1. The third kappa shape index (κ3) is 4.44. The summed E-state index contributed by atoms with van der Waals surface area (Å²) in [4.78, 5) is 26.2. The number of amides is 1. The average Bonchev–Trinajstić information content (AvgIpc) is 2.29. The molecule has 0 aliphatic carbocycles. The van der Waals surface area contributed by atoms with Gasteiger partial charge in [0, 0.05) is 11.4 Å². The van der Waals surface area contributed by atoms with Gasteiger partial charge in [0.15, 0.2) is 0 Å². The van der Waals surface area contributed by atoms with E-state index in [4.69, 9.17) is 0 Å². The average molecular weight is 318 g/mol. The Balaban J connectivity index is 2.56. The Morgan fingerprint density at radius 2 is 2.11 bits per heavy atom. The van der Waals surface area contributed by atoms with E-state index in [-0.39, 0.29) is 18.7 Å². The van der Waals surface area contributed by atoms with Gasteiger partial charge in [-0.15, -0.1) is 0 Å². The topological polar surface area (TPSA) is 55.4 Å². The number of hydrogen-bond acceptors (Lipinski definition) is 3. The summed E-state index contributed by atoms with van der Waals surface area (Å²) in [5, 5.41) is 0. The Morgan fingerprint density at radius 1 is 1.44 bits per heavy atom. The number of halogens is 2. The maximum atomic E-state index is 13.5. The monoisotopic (exact) mass is 317 g/mol. The lowest BCUT2D eigenvalue weighted by Crippen LogP contribution is -2.24. The summed E-state index contributed by atoms with van der Waals surface area (Å²) >= 11 is 3.22. The van der Waals surface area contributed by atoms with Crippen LogP contribution in [0.4, 0.5) is 4.39 Å². The van der Waals surface area contributed by atoms with Gasteiger partial charge in [0.25, 0.3) is 0 Å². The highest BCUT2D eigenvalue weighted by Crippen LogP contribution is 2.21. The van der Waals surface area contributed by atoms with E-state index in [1.807, 2.05) is 12.4 Å². The summed E-state index contributed by atoms with van der Waals surface area (Å²) in [6.45, 7) is 3.06. The first-order valence-corrected chi connectivity index (χ1v) is 6.10. The van der Waals surface area contributed by atoms with Crippen molar-refractivity contribution in [1.82, 2.24) is 5.48 Å². The molecule has 98 valence electrons. The minimum absolute atomic E-state index is 0.00171. The Bertz CT molecular complexity index is 477. The lowest BCUT2D eigenvalue weighted by molar-refractivity contribution is -0.157. The summed E-state index contributed by atoms with van der Waals surface area (Å²) in [7, 11) is 0. The minimum Gasteiger partial charge on any atom is -0.341 e. The van der Waals surface area contributed by atoms with Crippen LogP contribution in [0.5, 0.6) is 0 Å². The molecule has 0 atom stereocenters. The molecule has 0 bridgehead atoms. The molecule has 0 saturated heterocycles. The quantitative estimate of drug-likeness (QED) is 0.871. The van der Waals surface area contributed by atoms with E-state index in [1.54, 1.807) is 6.07 Å². The van der Waals surface area contributed by atoms with Crippen molar-refractivity contribution in [2.75, 3.05) is 0 Å². The summed E-state index contributed by atoms with van der Waals surface area (Å²) in [6.07, 6.45) is 0.219. The minimum atomic E-state index is -0.606. The molecule has 0 spiro atoms.